The molecule has 10 atom stereocenters. The maximum atomic E-state index is 11.0. The lowest BCUT2D eigenvalue weighted by molar-refractivity contribution is -0.137. The van der Waals surface area contributed by atoms with Crippen molar-refractivity contribution in [3.05, 3.63) is 0 Å². The fraction of sp³-hybridized carbons (Fsp3) is 0.958. The van der Waals surface area contributed by atoms with E-state index in [0.29, 0.717) is 17.8 Å². The summed E-state index contributed by atoms with van der Waals surface area (Å²) in [5.74, 6) is 5.60. The zero-order chi connectivity index (χ0) is 19.3. The Morgan fingerprint density at radius 2 is 1.85 bits per heavy atom. The molecule has 4 aliphatic carbocycles. The van der Waals surface area contributed by atoms with Crippen LogP contribution in [0.4, 0.5) is 0 Å². The molecule has 0 bridgehead atoms. The van der Waals surface area contributed by atoms with Gasteiger partial charge >= 0.3 is 5.97 Å². The van der Waals surface area contributed by atoms with Gasteiger partial charge in [-0.2, -0.15) is 0 Å². The number of aliphatic carboxylic acids is 1. The Bertz CT molecular complexity index is 560. The Kier molecular flexibility index (Phi) is 5.37. The van der Waals surface area contributed by atoms with Crippen LogP contribution in [-0.2, 0) is 4.79 Å². The van der Waals surface area contributed by atoms with E-state index in [9.17, 15) is 9.90 Å². The summed E-state index contributed by atoms with van der Waals surface area (Å²) in [5.41, 5.74) is 0.453. The van der Waals surface area contributed by atoms with E-state index in [2.05, 4.69) is 20.8 Å². The Balaban J connectivity index is 1.51. The molecule has 0 heterocycles. The quantitative estimate of drug-likeness (QED) is 0.694. The third-order valence-electron chi connectivity index (χ3n) is 9.92. The highest BCUT2D eigenvalue weighted by atomic mass is 16.4. The lowest BCUT2D eigenvalue weighted by Gasteiger charge is -2.60. The molecule has 0 aromatic rings. The minimum absolute atomic E-state index is 0.0562. The lowest BCUT2D eigenvalue weighted by atomic mass is 9.45. The topological polar surface area (TPSA) is 57.5 Å². The van der Waals surface area contributed by atoms with E-state index in [1.165, 1.54) is 38.5 Å². The number of hydrogen-bond acceptors (Lipinski definition) is 2. The highest BCUT2D eigenvalue weighted by Gasteiger charge is 2.58. The molecule has 0 radical (unpaired) electrons. The number of aliphatic hydroxyl groups excluding tert-OH is 1. The van der Waals surface area contributed by atoms with Gasteiger partial charge in [0.2, 0.25) is 0 Å². The number of carbonyl (C=O) groups is 1. The van der Waals surface area contributed by atoms with Gasteiger partial charge in [-0.05, 0) is 111 Å². The van der Waals surface area contributed by atoms with Crippen molar-refractivity contribution in [2.75, 3.05) is 0 Å². The standard InChI is InChI=1S/C24H40O3/c1-14(4-9-22(26)27)18-7-8-20-19-6-5-16-13-17(25)10-11-24(16,3)21(19)12-15(2)23(18)20/h14-21,23,25H,4-13H2,1-3H3,(H,26,27)/t14-,15-,16-,17-,18-,19?,20?,21?,23?,24+/m1/s1. The molecule has 2 N–H and O–H groups in total. The fourth-order valence-corrected chi connectivity index (χ4v) is 8.59. The van der Waals surface area contributed by atoms with E-state index in [-0.39, 0.29) is 6.10 Å². The molecule has 0 aromatic heterocycles. The highest BCUT2D eigenvalue weighted by molar-refractivity contribution is 5.66. The summed E-state index contributed by atoms with van der Waals surface area (Å²) in [7, 11) is 0. The van der Waals surface area contributed by atoms with Crippen LogP contribution < -0.4 is 0 Å². The second-order valence-corrected chi connectivity index (χ2v) is 11.1. The van der Waals surface area contributed by atoms with Gasteiger partial charge in [0, 0.05) is 6.42 Å². The average Bonchev–Trinajstić information content (AvgIpc) is 3.07. The van der Waals surface area contributed by atoms with E-state index < -0.39 is 5.97 Å². The van der Waals surface area contributed by atoms with Crippen molar-refractivity contribution in [3.63, 3.8) is 0 Å². The van der Waals surface area contributed by atoms with Crippen LogP contribution in [0.3, 0.4) is 0 Å². The van der Waals surface area contributed by atoms with Gasteiger partial charge in [0.1, 0.15) is 0 Å². The van der Waals surface area contributed by atoms with Crippen LogP contribution in [-0.4, -0.2) is 22.3 Å². The second kappa shape index (κ2) is 7.35. The molecule has 4 fully saturated rings. The summed E-state index contributed by atoms with van der Waals surface area (Å²) in [6.07, 6.45) is 11.2. The van der Waals surface area contributed by atoms with Crippen molar-refractivity contribution in [3.8, 4) is 0 Å². The maximum Gasteiger partial charge on any atom is 0.303 e. The molecule has 27 heavy (non-hydrogen) atoms. The smallest absolute Gasteiger partial charge is 0.303 e. The van der Waals surface area contributed by atoms with Crippen LogP contribution in [0.25, 0.3) is 0 Å². The molecule has 4 aliphatic rings. The fourth-order valence-electron chi connectivity index (χ4n) is 8.59. The van der Waals surface area contributed by atoms with Gasteiger partial charge in [-0.1, -0.05) is 20.8 Å². The summed E-state index contributed by atoms with van der Waals surface area (Å²) in [5, 5.41) is 19.3. The predicted octanol–water partition coefficient (Wildman–Crippen LogP) is 5.36. The zero-order valence-electron chi connectivity index (χ0n) is 17.6. The zero-order valence-corrected chi connectivity index (χ0v) is 17.6. The second-order valence-electron chi connectivity index (χ2n) is 11.1. The number of carboxylic acids is 1. The van der Waals surface area contributed by atoms with Crippen LogP contribution in [0.2, 0.25) is 0 Å². The van der Waals surface area contributed by atoms with E-state index in [4.69, 9.17) is 5.11 Å². The van der Waals surface area contributed by atoms with Crippen LogP contribution in [0.15, 0.2) is 0 Å². The first-order valence-electron chi connectivity index (χ1n) is 11.7. The number of rotatable bonds is 4. The first-order chi connectivity index (χ1) is 12.8. The average molecular weight is 377 g/mol. The minimum atomic E-state index is -0.640. The van der Waals surface area contributed by atoms with E-state index in [0.717, 1.165) is 60.7 Å². The molecule has 0 aromatic carbocycles. The first-order valence-corrected chi connectivity index (χ1v) is 11.7. The normalized spacial score (nSPS) is 50.4. The number of aliphatic hydroxyl groups is 1. The van der Waals surface area contributed by atoms with Crippen molar-refractivity contribution < 1.29 is 15.0 Å². The Hall–Kier alpha value is -0.570. The molecule has 0 spiro atoms. The van der Waals surface area contributed by atoms with Crippen LogP contribution in [0.5, 0.6) is 0 Å². The third kappa shape index (κ3) is 3.36. The molecule has 0 saturated heterocycles. The summed E-state index contributed by atoms with van der Waals surface area (Å²) in [4.78, 5) is 11.0. The molecule has 4 unspecified atom stereocenters. The van der Waals surface area contributed by atoms with Gasteiger partial charge in [-0.3, -0.25) is 4.79 Å². The molecule has 4 saturated carbocycles. The summed E-state index contributed by atoms with van der Waals surface area (Å²) >= 11 is 0. The van der Waals surface area contributed by atoms with Crippen molar-refractivity contribution in [1.82, 2.24) is 0 Å². The van der Waals surface area contributed by atoms with Gasteiger partial charge < -0.3 is 10.2 Å². The molecular weight excluding hydrogens is 336 g/mol. The summed E-state index contributed by atoms with van der Waals surface area (Å²) in [6.45, 7) is 7.38. The minimum Gasteiger partial charge on any atom is -0.481 e. The van der Waals surface area contributed by atoms with Crippen LogP contribution in [0.1, 0.15) is 85.0 Å². The summed E-state index contributed by atoms with van der Waals surface area (Å²) in [6, 6.07) is 0. The monoisotopic (exact) mass is 376 g/mol. The summed E-state index contributed by atoms with van der Waals surface area (Å²) < 4.78 is 0. The third-order valence-corrected chi connectivity index (χ3v) is 9.92. The molecule has 154 valence electrons. The number of carboxylic acid groups (broad SMARTS) is 1. The number of fused-ring (bicyclic) bond motifs is 5. The van der Waals surface area contributed by atoms with E-state index in [1.807, 2.05) is 0 Å². The van der Waals surface area contributed by atoms with E-state index >= 15 is 0 Å². The highest BCUT2D eigenvalue weighted by Crippen LogP contribution is 2.65. The van der Waals surface area contributed by atoms with Gasteiger partial charge in [-0.15, -0.1) is 0 Å². The van der Waals surface area contributed by atoms with Gasteiger partial charge in [0.25, 0.3) is 0 Å². The van der Waals surface area contributed by atoms with E-state index in [1.54, 1.807) is 0 Å². The van der Waals surface area contributed by atoms with Gasteiger partial charge in [0.05, 0.1) is 6.10 Å². The predicted molar refractivity (Wildman–Crippen MR) is 107 cm³/mol. The molecule has 3 heteroatoms. The van der Waals surface area contributed by atoms with Crippen LogP contribution >= 0.6 is 0 Å². The van der Waals surface area contributed by atoms with Gasteiger partial charge in [-0.25, -0.2) is 0 Å². The Morgan fingerprint density at radius 3 is 2.59 bits per heavy atom. The van der Waals surface area contributed by atoms with Crippen LogP contribution in [0, 0.1) is 52.8 Å². The first kappa shape index (κ1) is 19.7. The van der Waals surface area contributed by atoms with Crippen molar-refractivity contribution in [2.45, 2.75) is 91.1 Å². The molecule has 0 amide bonds. The molecule has 3 nitrogen and oxygen atoms in total. The Morgan fingerprint density at radius 1 is 1.11 bits per heavy atom. The Labute approximate surface area is 165 Å². The van der Waals surface area contributed by atoms with Crippen molar-refractivity contribution in [1.29, 1.82) is 0 Å². The molecule has 0 aliphatic heterocycles. The largest absolute Gasteiger partial charge is 0.481 e. The van der Waals surface area contributed by atoms with Crippen molar-refractivity contribution in [2.24, 2.45) is 52.8 Å². The van der Waals surface area contributed by atoms with Crippen molar-refractivity contribution >= 4 is 5.97 Å². The molecular formula is C24H40O3. The lowest BCUT2D eigenvalue weighted by Crippen LogP contribution is -2.53. The SMILES string of the molecule is C[C@@H]1CC2C(CC[C@@H]3C[C@H](O)CC[C@]23C)C2CC[C@H]([C@H](C)CCC(=O)O)C21. The molecule has 4 rings (SSSR count). The maximum absolute atomic E-state index is 11.0. The van der Waals surface area contributed by atoms with Gasteiger partial charge in [0.15, 0.2) is 0 Å². The number of hydrogen-bond donors (Lipinski definition) is 2.